The number of amides is 1. The summed E-state index contributed by atoms with van der Waals surface area (Å²) in [5.74, 6) is 0.951. The predicted octanol–water partition coefficient (Wildman–Crippen LogP) is 2.04. The summed E-state index contributed by atoms with van der Waals surface area (Å²) in [6.07, 6.45) is 0.838. The number of carbonyl (C=O) groups is 1. The Morgan fingerprint density at radius 2 is 1.65 bits per heavy atom. The van der Waals surface area contributed by atoms with Crippen LogP contribution >= 0.6 is 0 Å². The van der Waals surface area contributed by atoms with Gasteiger partial charge in [-0.05, 0) is 54.6 Å². The molecule has 3 aromatic rings. The fourth-order valence-corrected chi connectivity index (χ4v) is 5.66. The first kappa shape index (κ1) is 25.1. The standard InChI is InChI=1S/C25H27N5O6S/c1-15(31)27-17-5-9-19(10-6-17)37(32,33)30-22-14-36-23-21(13-35-24(22)23)29-25-26-12-11-20(28-25)16-3-7-18(34-2)8-4-16/h3-12,21-24,30H,13-14H2,1-2H3,(H,27,31)(H,26,28,29). The Bertz CT molecular complexity index is 1370. The molecule has 194 valence electrons. The normalized spacial score (nSPS) is 22.9. The van der Waals surface area contributed by atoms with E-state index in [0.29, 0.717) is 18.2 Å². The lowest BCUT2D eigenvalue weighted by Gasteiger charge is -2.18. The van der Waals surface area contributed by atoms with Crippen molar-refractivity contribution < 1.29 is 27.4 Å². The number of carbonyl (C=O) groups excluding carboxylic acids is 1. The first-order chi connectivity index (χ1) is 17.8. The van der Waals surface area contributed by atoms with Gasteiger partial charge in [0.2, 0.25) is 21.9 Å². The molecule has 2 fully saturated rings. The third kappa shape index (κ3) is 5.57. The summed E-state index contributed by atoms with van der Waals surface area (Å²) in [4.78, 5) is 20.2. The Morgan fingerprint density at radius 1 is 0.973 bits per heavy atom. The highest BCUT2D eigenvalue weighted by Crippen LogP contribution is 2.30. The molecule has 4 unspecified atom stereocenters. The molecule has 4 atom stereocenters. The molecule has 0 radical (unpaired) electrons. The molecule has 2 aliphatic rings. The smallest absolute Gasteiger partial charge is 0.240 e. The molecule has 3 N–H and O–H groups in total. The summed E-state index contributed by atoms with van der Waals surface area (Å²) < 4.78 is 45.6. The van der Waals surface area contributed by atoms with Crippen LogP contribution in [0.25, 0.3) is 11.3 Å². The van der Waals surface area contributed by atoms with Crippen LogP contribution in [0.4, 0.5) is 11.6 Å². The minimum absolute atomic E-state index is 0.0847. The summed E-state index contributed by atoms with van der Waals surface area (Å²) in [5.41, 5.74) is 2.18. The fourth-order valence-electron chi connectivity index (χ4n) is 4.43. The monoisotopic (exact) mass is 525 g/mol. The molecule has 2 saturated heterocycles. The topological polar surface area (TPSA) is 141 Å². The van der Waals surface area contributed by atoms with Gasteiger partial charge in [-0.25, -0.2) is 23.1 Å². The molecule has 37 heavy (non-hydrogen) atoms. The van der Waals surface area contributed by atoms with Crippen molar-refractivity contribution in [2.45, 2.75) is 36.1 Å². The first-order valence-corrected chi connectivity index (χ1v) is 13.2. The Balaban J connectivity index is 1.23. The van der Waals surface area contributed by atoms with E-state index in [9.17, 15) is 13.2 Å². The molecule has 2 aliphatic heterocycles. The van der Waals surface area contributed by atoms with Gasteiger partial charge in [-0.1, -0.05) is 0 Å². The van der Waals surface area contributed by atoms with Crippen LogP contribution in [0.3, 0.4) is 0 Å². The summed E-state index contributed by atoms with van der Waals surface area (Å²) in [6.45, 7) is 1.87. The largest absolute Gasteiger partial charge is 0.497 e. The SMILES string of the molecule is COc1ccc(-c2ccnc(NC3COC4C(NS(=O)(=O)c5ccc(NC(C)=O)cc5)COC34)n2)cc1. The third-order valence-corrected chi connectivity index (χ3v) is 7.71. The molecule has 1 aromatic heterocycles. The zero-order chi connectivity index (χ0) is 26.0. The van der Waals surface area contributed by atoms with Crippen molar-refractivity contribution >= 4 is 27.6 Å². The van der Waals surface area contributed by atoms with Crippen LogP contribution in [-0.4, -0.2) is 68.9 Å². The lowest BCUT2D eigenvalue weighted by atomic mass is 10.1. The summed E-state index contributed by atoms with van der Waals surface area (Å²) >= 11 is 0. The van der Waals surface area contributed by atoms with Crippen molar-refractivity contribution in [2.75, 3.05) is 31.0 Å². The maximum Gasteiger partial charge on any atom is 0.240 e. The molecule has 2 aromatic carbocycles. The second-order valence-corrected chi connectivity index (χ2v) is 10.5. The summed E-state index contributed by atoms with van der Waals surface area (Å²) in [5, 5.41) is 5.89. The van der Waals surface area contributed by atoms with Gasteiger partial charge in [0, 0.05) is 24.4 Å². The third-order valence-electron chi connectivity index (χ3n) is 6.20. The van der Waals surface area contributed by atoms with Crippen molar-refractivity contribution in [2.24, 2.45) is 0 Å². The van der Waals surface area contributed by atoms with Crippen LogP contribution in [0.5, 0.6) is 5.75 Å². The number of sulfonamides is 1. The maximum absolute atomic E-state index is 12.9. The van der Waals surface area contributed by atoms with E-state index in [0.717, 1.165) is 17.0 Å². The number of ether oxygens (including phenoxy) is 3. The quantitative estimate of drug-likeness (QED) is 0.403. The number of nitrogens with zero attached hydrogens (tertiary/aromatic N) is 2. The molecule has 1 amide bonds. The van der Waals surface area contributed by atoms with Gasteiger partial charge >= 0.3 is 0 Å². The lowest BCUT2D eigenvalue weighted by Crippen LogP contribution is -2.44. The second-order valence-electron chi connectivity index (χ2n) is 8.77. The second kappa shape index (κ2) is 10.4. The number of nitrogens with one attached hydrogen (secondary N) is 3. The maximum atomic E-state index is 12.9. The molecule has 3 heterocycles. The molecular formula is C25H27N5O6S. The Hall–Kier alpha value is -3.58. The van der Waals surface area contributed by atoms with Gasteiger partial charge in [-0.2, -0.15) is 0 Å². The van der Waals surface area contributed by atoms with Crippen molar-refractivity contribution in [3.8, 4) is 17.0 Å². The van der Waals surface area contributed by atoms with E-state index >= 15 is 0 Å². The van der Waals surface area contributed by atoms with E-state index in [1.165, 1.54) is 31.2 Å². The Kier molecular flexibility index (Phi) is 7.07. The molecule has 5 rings (SSSR count). The fraction of sp³-hybridized carbons (Fsp3) is 0.320. The van der Waals surface area contributed by atoms with Crippen LogP contribution in [0.1, 0.15) is 6.92 Å². The van der Waals surface area contributed by atoms with Gasteiger partial charge in [-0.15, -0.1) is 0 Å². The molecule has 0 saturated carbocycles. The highest BCUT2D eigenvalue weighted by atomic mass is 32.2. The average Bonchev–Trinajstić information content (AvgIpc) is 3.47. The molecule has 0 bridgehead atoms. The van der Waals surface area contributed by atoms with Crippen LogP contribution in [0.15, 0.2) is 65.7 Å². The van der Waals surface area contributed by atoms with Crippen molar-refractivity contribution in [1.29, 1.82) is 0 Å². The zero-order valence-electron chi connectivity index (χ0n) is 20.2. The van der Waals surface area contributed by atoms with Gasteiger partial charge in [0.1, 0.15) is 18.0 Å². The van der Waals surface area contributed by atoms with E-state index < -0.39 is 22.2 Å². The van der Waals surface area contributed by atoms with Crippen LogP contribution < -0.4 is 20.1 Å². The molecule has 0 aliphatic carbocycles. The van der Waals surface area contributed by atoms with Crippen molar-refractivity contribution in [1.82, 2.24) is 14.7 Å². The lowest BCUT2D eigenvalue weighted by molar-refractivity contribution is -0.114. The number of methoxy groups -OCH3 is 1. The van der Waals surface area contributed by atoms with E-state index in [1.807, 2.05) is 30.3 Å². The Labute approximate surface area is 214 Å². The number of anilines is 2. The van der Waals surface area contributed by atoms with Gasteiger partial charge in [0.25, 0.3) is 0 Å². The minimum Gasteiger partial charge on any atom is -0.497 e. The molecule has 11 nitrogen and oxygen atoms in total. The summed E-state index contributed by atoms with van der Waals surface area (Å²) in [6, 6.07) is 14.5. The number of hydrogen-bond donors (Lipinski definition) is 3. The average molecular weight is 526 g/mol. The molecular weight excluding hydrogens is 498 g/mol. The van der Waals surface area contributed by atoms with E-state index in [-0.39, 0.29) is 29.6 Å². The Morgan fingerprint density at radius 3 is 2.32 bits per heavy atom. The highest BCUT2D eigenvalue weighted by molar-refractivity contribution is 7.89. The molecule has 0 spiro atoms. The van der Waals surface area contributed by atoms with Gasteiger partial charge in [0.05, 0.1) is 43.0 Å². The van der Waals surface area contributed by atoms with Crippen LogP contribution in [0, 0.1) is 0 Å². The van der Waals surface area contributed by atoms with E-state index in [4.69, 9.17) is 14.2 Å². The zero-order valence-corrected chi connectivity index (χ0v) is 21.1. The van der Waals surface area contributed by atoms with Crippen LogP contribution in [-0.2, 0) is 24.3 Å². The number of benzene rings is 2. The highest BCUT2D eigenvalue weighted by Gasteiger charge is 2.49. The van der Waals surface area contributed by atoms with Gasteiger partial charge in [-0.3, -0.25) is 4.79 Å². The van der Waals surface area contributed by atoms with Crippen LogP contribution in [0.2, 0.25) is 0 Å². The van der Waals surface area contributed by atoms with E-state index in [2.05, 4.69) is 25.3 Å². The van der Waals surface area contributed by atoms with Gasteiger partial charge < -0.3 is 24.8 Å². The number of fused-ring (bicyclic) bond motifs is 1. The number of hydrogen-bond acceptors (Lipinski definition) is 9. The van der Waals surface area contributed by atoms with Gasteiger partial charge in [0.15, 0.2) is 0 Å². The first-order valence-electron chi connectivity index (χ1n) is 11.7. The minimum atomic E-state index is -3.82. The molecule has 12 heteroatoms. The summed E-state index contributed by atoms with van der Waals surface area (Å²) in [7, 11) is -2.21. The number of aromatic nitrogens is 2. The van der Waals surface area contributed by atoms with Crippen molar-refractivity contribution in [3.63, 3.8) is 0 Å². The van der Waals surface area contributed by atoms with Crippen molar-refractivity contribution in [3.05, 3.63) is 60.8 Å². The predicted molar refractivity (Wildman–Crippen MR) is 136 cm³/mol. The van der Waals surface area contributed by atoms with E-state index in [1.54, 1.807) is 13.3 Å². The number of rotatable bonds is 8.